The zero-order valence-corrected chi connectivity index (χ0v) is 19.3. The van der Waals surface area contributed by atoms with Gasteiger partial charge in [-0.15, -0.1) is 0 Å². The smallest absolute Gasteiger partial charge is 0.251 e. The van der Waals surface area contributed by atoms with Crippen LogP contribution in [0.1, 0.15) is 48.1 Å². The maximum absolute atomic E-state index is 12.7. The van der Waals surface area contributed by atoms with E-state index in [0.29, 0.717) is 31.9 Å². The molecule has 172 valence electrons. The Morgan fingerprint density at radius 2 is 1.53 bits per heavy atom. The first-order valence-corrected chi connectivity index (χ1v) is 12.7. The number of ether oxygens (including phenoxy) is 1. The SMILES string of the molecule is C[C@@H](NC(=O)c1ccc(S(=O)(=O)N2CCOCC2)cc1)c1ccc(N2CCCCC2)cc1. The van der Waals surface area contributed by atoms with E-state index in [2.05, 4.69) is 34.5 Å². The van der Waals surface area contributed by atoms with E-state index < -0.39 is 10.0 Å². The molecule has 2 aliphatic rings. The van der Waals surface area contributed by atoms with Gasteiger partial charge in [-0.05, 0) is 68.1 Å². The number of nitrogens with one attached hydrogen (secondary N) is 1. The van der Waals surface area contributed by atoms with Gasteiger partial charge in [0, 0.05) is 37.4 Å². The topological polar surface area (TPSA) is 79.0 Å². The number of morpholine rings is 1. The molecule has 4 rings (SSSR count). The fraction of sp³-hybridized carbons (Fsp3) is 0.458. The molecule has 0 aliphatic carbocycles. The van der Waals surface area contributed by atoms with Crippen molar-refractivity contribution in [3.05, 3.63) is 59.7 Å². The zero-order chi connectivity index (χ0) is 22.6. The van der Waals surface area contributed by atoms with Gasteiger partial charge in [-0.2, -0.15) is 4.31 Å². The Bertz CT molecular complexity index is 1010. The molecule has 2 fully saturated rings. The number of anilines is 1. The number of carbonyl (C=O) groups is 1. The number of carbonyl (C=O) groups excluding carboxylic acids is 1. The van der Waals surface area contributed by atoms with Crippen LogP contribution in [0.25, 0.3) is 0 Å². The van der Waals surface area contributed by atoms with Gasteiger partial charge in [-0.3, -0.25) is 4.79 Å². The van der Waals surface area contributed by atoms with Crippen LogP contribution in [-0.2, 0) is 14.8 Å². The number of piperidine rings is 1. The molecule has 1 atom stereocenters. The average molecular weight is 458 g/mol. The van der Waals surface area contributed by atoms with Crippen molar-refractivity contribution in [1.82, 2.24) is 9.62 Å². The standard InChI is InChI=1S/C24H31N3O4S/c1-19(20-5-9-22(10-6-20)26-13-3-2-4-14-26)25-24(28)21-7-11-23(12-8-21)32(29,30)27-15-17-31-18-16-27/h5-12,19H,2-4,13-18H2,1H3,(H,25,28)/t19-/m1/s1. The molecule has 0 spiro atoms. The van der Waals surface area contributed by atoms with E-state index >= 15 is 0 Å². The van der Waals surface area contributed by atoms with E-state index in [1.54, 1.807) is 12.1 Å². The molecule has 2 aromatic carbocycles. The first kappa shape index (κ1) is 22.8. The Morgan fingerprint density at radius 1 is 0.906 bits per heavy atom. The van der Waals surface area contributed by atoms with Crippen LogP contribution >= 0.6 is 0 Å². The summed E-state index contributed by atoms with van der Waals surface area (Å²) < 4.78 is 32.1. The van der Waals surface area contributed by atoms with Gasteiger partial charge in [0.15, 0.2) is 0 Å². The van der Waals surface area contributed by atoms with Gasteiger partial charge in [-0.25, -0.2) is 8.42 Å². The summed E-state index contributed by atoms with van der Waals surface area (Å²) in [5.41, 5.74) is 2.69. The third-order valence-corrected chi connectivity index (χ3v) is 8.10. The number of hydrogen-bond acceptors (Lipinski definition) is 5. The number of rotatable bonds is 6. The number of benzene rings is 2. The first-order valence-electron chi connectivity index (χ1n) is 11.3. The second kappa shape index (κ2) is 10.0. The van der Waals surface area contributed by atoms with E-state index in [4.69, 9.17) is 4.74 Å². The molecule has 7 nitrogen and oxygen atoms in total. The number of sulfonamides is 1. The predicted octanol–water partition coefficient (Wildman–Crippen LogP) is 3.19. The summed E-state index contributed by atoms with van der Waals surface area (Å²) in [6.45, 7) is 5.64. The van der Waals surface area contributed by atoms with Crippen molar-refractivity contribution in [3.63, 3.8) is 0 Å². The minimum Gasteiger partial charge on any atom is -0.379 e. The van der Waals surface area contributed by atoms with Crippen LogP contribution in [0.4, 0.5) is 5.69 Å². The Balaban J connectivity index is 1.38. The molecule has 32 heavy (non-hydrogen) atoms. The minimum atomic E-state index is -3.57. The van der Waals surface area contributed by atoms with Crippen LogP contribution in [0, 0.1) is 0 Å². The quantitative estimate of drug-likeness (QED) is 0.721. The van der Waals surface area contributed by atoms with E-state index in [-0.39, 0.29) is 16.8 Å². The second-order valence-corrected chi connectivity index (χ2v) is 10.3. The molecule has 1 amide bonds. The normalized spacial score (nSPS) is 18.8. The maximum Gasteiger partial charge on any atom is 0.251 e. The Kier molecular flexibility index (Phi) is 7.13. The van der Waals surface area contributed by atoms with Gasteiger partial charge in [0.05, 0.1) is 24.2 Å². The summed E-state index contributed by atoms with van der Waals surface area (Å²) in [5.74, 6) is -0.229. The lowest BCUT2D eigenvalue weighted by molar-refractivity contribution is 0.0730. The first-order chi connectivity index (χ1) is 15.4. The lowest BCUT2D eigenvalue weighted by Crippen LogP contribution is -2.40. The Hall–Kier alpha value is -2.42. The molecular weight excluding hydrogens is 426 g/mol. The molecule has 2 saturated heterocycles. The molecule has 8 heteroatoms. The van der Waals surface area contributed by atoms with Crippen LogP contribution < -0.4 is 10.2 Å². The van der Waals surface area contributed by atoms with Gasteiger partial charge in [0.25, 0.3) is 5.91 Å². The number of amides is 1. The summed E-state index contributed by atoms with van der Waals surface area (Å²) in [6, 6.07) is 14.3. The van der Waals surface area contributed by atoms with E-state index in [9.17, 15) is 13.2 Å². The van der Waals surface area contributed by atoms with Crippen LogP contribution in [0.15, 0.2) is 53.4 Å². The monoisotopic (exact) mass is 457 g/mol. The Labute approximate surface area is 190 Å². The second-order valence-electron chi connectivity index (χ2n) is 8.38. The van der Waals surface area contributed by atoms with Crippen molar-refractivity contribution in [2.24, 2.45) is 0 Å². The molecular formula is C24H31N3O4S. The molecule has 0 radical (unpaired) electrons. The molecule has 0 aromatic heterocycles. The number of hydrogen-bond donors (Lipinski definition) is 1. The van der Waals surface area contributed by atoms with Crippen LogP contribution in [-0.4, -0.2) is 58.0 Å². The summed E-state index contributed by atoms with van der Waals surface area (Å²) in [6.07, 6.45) is 3.78. The van der Waals surface area contributed by atoms with Crippen molar-refractivity contribution in [2.75, 3.05) is 44.3 Å². The van der Waals surface area contributed by atoms with Crippen molar-refractivity contribution < 1.29 is 17.9 Å². The minimum absolute atomic E-state index is 0.158. The molecule has 0 saturated carbocycles. The summed E-state index contributed by atoms with van der Waals surface area (Å²) in [5, 5.41) is 3.00. The van der Waals surface area contributed by atoms with Gasteiger partial charge >= 0.3 is 0 Å². The third kappa shape index (κ3) is 5.14. The molecule has 0 bridgehead atoms. The third-order valence-electron chi connectivity index (χ3n) is 6.19. The molecule has 0 unspecified atom stereocenters. The average Bonchev–Trinajstić information content (AvgIpc) is 2.85. The molecule has 2 aromatic rings. The molecule has 2 heterocycles. The van der Waals surface area contributed by atoms with Gasteiger partial charge < -0.3 is 15.0 Å². The largest absolute Gasteiger partial charge is 0.379 e. The van der Waals surface area contributed by atoms with E-state index in [0.717, 1.165) is 18.7 Å². The van der Waals surface area contributed by atoms with Crippen LogP contribution in [0.2, 0.25) is 0 Å². The highest BCUT2D eigenvalue weighted by atomic mass is 32.2. The van der Waals surface area contributed by atoms with E-state index in [1.807, 2.05) is 6.92 Å². The zero-order valence-electron chi connectivity index (χ0n) is 18.5. The predicted molar refractivity (Wildman–Crippen MR) is 124 cm³/mol. The van der Waals surface area contributed by atoms with Crippen molar-refractivity contribution in [3.8, 4) is 0 Å². The highest BCUT2D eigenvalue weighted by molar-refractivity contribution is 7.89. The summed E-state index contributed by atoms with van der Waals surface area (Å²) in [7, 11) is -3.57. The summed E-state index contributed by atoms with van der Waals surface area (Å²) >= 11 is 0. The molecule has 1 N–H and O–H groups in total. The Morgan fingerprint density at radius 3 is 2.16 bits per heavy atom. The van der Waals surface area contributed by atoms with Gasteiger partial charge in [-0.1, -0.05) is 12.1 Å². The van der Waals surface area contributed by atoms with Crippen molar-refractivity contribution in [1.29, 1.82) is 0 Å². The lowest BCUT2D eigenvalue weighted by atomic mass is 10.1. The van der Waals surface area contributed by atoms with Gasteiger partial charge in [0.1, 0.15) is 0 Å². The number of nitrogens with zero attached hydrogens (tertiary/aromatic N) is 2. The fourth-order valence-electron chi connectivity index (χ4n) is 4.20. The van der Waals surface area contributed by atoms with Gasteiger partial charge in [0.2, 0.25) is 10.0 Å². The lowest BCUT2D eigenvalue weighted by Gasteiger charge is -2.29. The molecule has 2 aliphatic heterocycles. The fourth-order valence-corrected chi connectivity index (χ4v) is 5.61. The van der Waals surface area contributed by atoms with Crippen molar-refractivity contribution in [2.45, 2.75) is 37.1 Å². The summed E-state index contributed by atoms with van der Waals surface area (Å²) in [4.78, 5) is 15.3. The highest BCUT2D eigenvalue weighted by Gasteiger charge is 2.26. The van der Waals surface area contributed by atoms with Crippen molar-refractivity contribution >= 4 is 21.6 Å². The van der Waals surface area contributed by atoms with Crippen LogP contribution in [0.5, 0.6) is 0 Å². The maximum atomic E-state index is 12.7. The van der Waals surface area contributed by atoms with E-state index in [1.165, 1.54) is 41.4 Å². The highest BCUT2D eigenvalue weighted by Crippen LogP contribution is 2.23. The van der Waals surface area contributed by atoms with Crippen LogP contribution in [0.3, 0.4) is 0 Å².